The Bertz CT molecular complexity index is 155. The zero-order valence-corrected chi connectivity index (χ0v) is 10.4. The largest absolute Gasteiger partial charge is 0.381 e. The first-order chi connectivity index (χ1) is 7.95. The summed E-state index contributed by atoms with van der Waals surface area (Å²) in [6.45, 7) is 8.17. The van der Waals surface area contributed by atoms with Gasteiger partial charge in [0.05, 0.1) is 0 Å². The maximum atomic E-state index is 5.39. The van der Waals surface area contributed by atoms with E-state index in [9.17, 15) is 0 Å². The SMILES string of the molecule is C(CCN1CCNCC1)CC1CCOCC1. The third-order valence-corrected chi connectivity index (χ3v) is 3.89. The molecule has 2 heterocycles. The van der Waals surface area contributed by atoms with Crippen LogP contribution < -0.4 is 5.32 Å². The van der Waals surface area contributed by atoms with Crippen LogP contribution in [0, 0.1) is 5.92 Å². The minimum absolute atomic E-state index is 0.955. The fourth-order valence-corrected chi connectivity index (χ4v) is 2.74. The van der Waals surface area contributed by atoms with Crippen molar-refractivity contribution >= 4 is 0 Å². The van der Waals surface area contributed by atoms with Crippen LogP contribution in [-0.2, 0) is 4.74 Å². The third kappa shape index (κ3) is 4.40. The minimum atomic E-state index is 0.955. The average Bonchev–Trinajstić information content (AvgIpc) is 2.37. The normalized spacial score (nSPS) is 24.8. The van der Waals surface area contributed by atoms with Crippen LogP contribution in [-0.4, -0.2) is 50.8 Å². The number of hydrogen-bond donors (Lipinski definition) is 1. The molecule has 0 bridgehead atoms. The van der Waals surface area contributed by atoms with Gasteiger partial charge in [-0.25, -0.2) is 0 Å². The van der Waals surface area contributed by atoms with E-state index in [1.807, 2.05) is 0 Å². The molecule has 1 N–H and O–H groups in total. The molecule has 0 unspecified atom stereocenters. The van der Waals surface area contributed by atoms with E-state index < -0.39 is 0 Å². The zero-order chi connectivity index (χ0) is 11.1. The average molecular weight is 226 g/mol. The molecule has 2 aliphatic heterocycles. The Morgan fingerprint density at radius 1 is 1.06 bits per heavy atom. The molecule has 0 amide bonds. The van der Waals surface area contributed by atoms with E-state index >= 15 is 0 Å². The van der Waals surface area contributed by atoms with Crippen LogP contribution in [0.5, 0.6) is 0 Å². The molecule has 2 saturated heterocycles. The van der Waals surface area contributed by atoms with Crippen LogP contribution in [0.2, 0.25) is 0 Å². The van der Waals surface area contributed by atoms with Gasteiger partial charge < -0.3 is 15.0 Å². The molecular weight excluding hydrogens is 200 g/mol. The van der Waals surface area contributed by atoms with E-state index in [2.05, 4.69) is 10.2 Å². The minimum Gasteiger partial charge on any atom is -0.381 e. The molecule has 2 aliphatic rings. The maximum Gasteiger partial charge on any atom is 0.0468 e. The molecule has 2 rings (SSSR count). The molecule has 0 aromatic carbocycles. The molecule has 0 aromatic heterocycles. The second kappa shape index (κ2) is 7.25. The number of hydrogen-bond acceptors (Lipinski definition) is 3. The van der Waals surface area contributed by atoms with Gasteiger partial charge >= 0.3 is 0 Å². The van der Waals surface area contributed by atoms with Crippen LogP contribution >= 0.6 is 0 Å². The summed E-state index contributed by atoms with van der Waals surface area (Å²) in [6, 6.07) is 0. The molecule has 94 valence electrons. The summed E-state index contributed by atoms with van der Waals surface area (Å²) < 4.78 is 5.39. The van der Waals surface area contributed by atoms with Gasteiger partial charge in [0, 0.05) is 39.4 Å². The molecular formula is C13H26N2O. The molecule has 0 atom stereocenters. The summed E-state index contributed by atoms with van der Waals surface area (Å²) in [6.07, 6.45) is 6.82. The second-order valence-corrected chi connectivity index (χ2v) is 5.14. The molecule has 3 nitrogen and oxygen atoms in total. The summed E-state index contributed by atoms with van der Waals surface area (Å²) in [5, 5.41) is 3.40. The highest BCUT2D eigenvalue weighted by Crippen LogP contribution is 2.20. The van der Waals surface area contributed by atoms with E-state index in [1.54, 1.807) is 0 Å². The fraction of sp³-hybridized carbons (Fsp3) is 1.00. The highest BCUT2D eigenvalue weighted by molar-refractivity contribution is 4.68. The lowest BCUT2D eigenvalue weighted by Gasteiger charge is -2.27. The first-order valence-corrected chi connectivity index (χ1v) is 6.96. The number of nitrogens with zero attached hydrogens (tertiary/aromatic N) is 1. The maximum absolute atomic E-state index is 5.39. The van der Waals surface area contributed by atoms with Crippen molar-refractivity contribution in [1.29, 1.82) is 0 Å². The van der Waals surface area contributed by atoms with Crippen molar-refractivity contribution in [2.45, 2.75) is 32.1 Å². The topological polar surface area (TPSA) is 24.5 Å². The van der Waals surface area contributed by atoms with Crippen LogP contribution in [0.3, 0.4) is 0 Å². The molecule has 16 heavy (non-hydrogen) atoms. The van der Waals surface area contributed by atoms with Crippen LogP contribution in [0.25, 0.3) is 0 Å². The van der Waals surface area contributed by atoms with Gasteiger partial charge in [-0.1, -0.05) is 12.8 Å². The van der Waals surface area contributed by atoms with Crippen molar-refractivity contribution in [3.05, 3.63) is 0 Å². The summed E-state index contributed by atoms with van der Waals surface area (Å²) in [7, 11) is 0. The van der Waals surface area contributed by atoms with Gasteiger partial charge in [-0.05, 0) is 31.7 Å². The van der Waals surface area contributed by atoms with Gasteiger partial charge in [-0.3, -0.25) is 0 Å². The van der Waals surface area contributed by atoms with Crippen LogP contribution in [0.4, 0.5) is 0 Å². The standard InChI is InChI=1S/C13H26N2O/c1(3-13-4-11-16-12-5-13)2-8-15-9-6-14-7-10-15/h13-14H,1-12H2. The van der Waals surface area contributed by atoms with Crippen molar-refractivity contribution in [3.63, 3.8) is 0 Å². The van der Waals surface area contributed by atoms with Crippen molar-refractivity contribution in [1.82, 2.24) is 10.2 Å². The first kappa shape index (κ1) is 12.3. The first-order valence-electron chi connectivity index (χ1n) is 6.96. The number of piperazine rings is 1. The van der Waals surface area contributed by atoms with Gasteiger partial charge in [-0.2, -0.15) is 0 Å². The molecule has 0 saturated carbocycles. The van der Waals surface area contributed by atoms with Crippen molar-refractivity contribution in [2.75, 3.05) is 45.9 Å². The molecule has 0 aromatic rings. The molecule has 0 spiro atoms. The Morgan fingerprint density at radius 2 is 1.81 bits per heavy atom. The summed E-state index contributed by atoms with van der Waals surface area (Å²) in [5.74, 6) is 0.955. The second-order valence-electron chi connectivity index (χ2n) is 5.14. The van der Waals surface area contributed by atoms with Crippen LogP contribution in [0.15, 0.2) is 0 Å². The predicted octanol–water partition coefficient (Wildman–Crippen LogP) is 1.49. The Morgan fingerprint density at radius 3 is 2.56 bits per heavy atom. The van der Waals surface area contributed by atoms with E-state index in [4.69, 9.17) is 4.74 Å². The summed E-state index contributed by atoms with van der Waals surface area (Å²) in [5.41, 5.74) is 0. The number of ether oxygens (including phenoxy) is 1. The molecule has 3 heteroatoms. The van der Waals surface area contributed by atoms with E-state index in [0.29, 0.717) is 0 Å². The lowest BCUT2D eigenvalue weighted by molar-refractivity contribution is 0.0628. The molecule has 0 radical (unpaired) electrons. The fourth-order valence-electron chi connectivity index (χ4n) is 2.74. The number of nitrogens with one attached hydrogen (secondary N) is 1. The lowest BCUT2D eigenvalue weighted by Crippen LogP contribution is -2.43. The van der Waals surface area contributed by atoms with Crippen LogP contribution in [0.1, 0.15) is 32.1 Å². The highest BCUT2D eigenvalue weighted by Gasteiger charge is 2.13. The van der Waals surface area contributed by atoms with Crippen molar-refractivity contribution < 1.29 is 4.74 Å². The molecule has 0 aliphatic carbocycles. The number of rotatable bonds is 5. The summed E-state index contributed by atoms with van der Waals surface area (Å²) >= 11 is 0. The Hall–Kier alpha value is -0.120. The predicted molar refractivity (Wildman–Crippen MR) is 66.7 cm³/mol. The Labute approximate surface area is 99.5 Å². The van der Waals surface area contributed by atoms with Gasteiger partial charge in [-0.15, -0.1) is 0 Å². The van der Waals surface area contributed by atoms with E-state index in [0.717, 1.165) is 19.1 Å². The zero-order valence-electron chi connectivity index (χ0n) is 10.4. The summed E-state index contributed by atoms with van der Waals surface area (Å²) in [4.78, 5) is 2.60. The van der Waals surface area contributed by atoms with Gasteiger partial charge in [0.25, 0.3) is 0 Å². The highest BCUT2D eigenvalue weighted by atomic mass is 16.5. The van der Waals surface area contributed by atoms with E-state index in [-0.39, 0.29) is 0 Å². The van der Waals surface area contributed by atoms with Gasteiger partial charge in [0.15, 0.2) is 0 Å². The monoisotopic (exact) mass is 226 g/mol. The van der Waals surface area contributed by atoms with Gasteiger partial charge in [0.2, 0.25) is 0 Å². The Balaban J connectivity index is 1.47. The Kier molecular flexibility index (Phi) is 5.59. The van der Waals surface area contributed by atoms with Crippen molar-refractivity contribution in [3.8, 4) is 0 Å². The van der Waals surface area contributed by atoms with Gasteiger partial charge in [0.1, 0.15) is 0 Å². The van der Waals surface area contributed by atoms with Crippen molar-refractivity contribution in [2.24, 2.45) is 5.92 Å². The third-order valence-electron chi connectivity index (χ3n) is 3.89. The smallest absolute Gasteiger partial charge is 0.0468 e. The quantitative estimate of drug-likeness (QED) is 0.719. The van der Waals surface area contributed by atoms with E-state index in [1.165, 1.54) is 64.8 Å². The number of unbranched alkanes of at least 4 members (excludes halogenated alkanes) is 1. The lowest BCUT2D eigenvalue weighted by atomic mass is 9.94. The molecule has 2 fully saturated rings.